The maximum atomic E-state index is 13.3. The highest BCUT2D eigenvalue weighted by Gasteiger charge is 2.09. The van der Waals surface area contributed by atoms with Gasteiger partial charge in [-0.05, 0) is 68.9 Å². The second-order valence-corrected chi connectivity index (χ2v) is 5.54. The summed E-state index contributed by atoms with van der Waals surface area (Å²) in [7, 11) is 0. The lowest BCUT2D eigenvalue weighted by molar-refractivity contribution is 0.102. The van der Waals surface area contributed by atoms with E-state index in [1.807, 2.05) is 6.07 Å². The van der Waals surface area contributed by atoms with Gasteiger partial charge in [-0.1, -0.05) is 0 Å². The van der Waals surface area contributed by atoms with Crippen molar-refractivity contribution < 1.29 is 9.18 Å². The fraction of sp³-hybridized carbons (Fsp3) is 0. The van der Waals surface area contributed by atoms with Crippen LogP contribution in [0.4, 0.5) is 10.2 Å². The van der Waals surface area contributed by atoms with E-state index < -0.39 is 11.7 Å². The number of halogens is 3. The molecule has 0 aliphatic heterocycles. The van der Waals surface area contributed by atoms with Crippen molar-refractivity contribution in [2.75, 3.05) is 5.32 Å². The smallest absolute Gasteiger partial charge is 0.256 e. The van der Waals surface area contributed by atoms with Gasteiger partial charge in [-0.15, -0.1) is 0 Å². The summed E-state index contributed by atoms with van der Waals surface area (Å²) in [5.74, 6) is -0.433. The van der Waals surface area contributed by atoms with Crippen LogP contribution in [0.25, 0.3) is 0 Å². The Labute approximate surface area is 125 Å². The molecule has 0 unspecified atom stereocenters. The van der Waals surface area contributed by atoms with Gasteiger partial charge in [0, 0.05) is 15.3 Å². The second kappa shape index (κ2) is 5.75. The Balaban J connectivity index is 2.16. The molecule has 92 valence electrons. The molecule has 0 fully saturated rings. The molecule has 6 heteroatoms. The molecule has 0 saturated carbocycles. The Hall–Kier alpha value is -1.02. The van der Waals surface area contributed by atoms with Crippen molar-refractivity contribution in [2.24, 2.45) is 0 Å². The Kier molecular flexibility index (Phi) is 4.28. The molecular weight excluding hydrogens is 414 g/mol. The molecule has 0 saturated heterocycles. The first-order valence-corrected chi connectivity index (χ1v) is 6.81. The van der Waals surface area contributed by atoms with Crippen LogP contribution in [-0.4, -0.2) is 10.9 Å². The van der Waals surface area contributed by atoms with E-state index in [-0.39, 0.29) is 5.56 Å². The van der Waals surface area contributed by atoms with Crippen LogP contribution >= 0.6 is 38.5 Å². The lowest BCUT2D eigenvalue weighted by Crippen LogP contribution is -2.13. The highest BCUT2D eigenvalue weighted by atomic mass is 127. The summed E-state index contributed by atoms with van der Waals surface area (Å²) in [5, 5.41) is 2.60. The van der Waals surface area contributed by atoms with Gasteiger partial charge >= 0.3 is 0 Å². The van der Waals surface area contributed by atoms with Crippen LogP contribution in [0.1, 0.15) is 10.4 Å². The van der Waals surface area contributed by atoms with Crippen LogP contribution < -0.4 is 5.32 Å². The zero-order valence-electron chi connectivity index (χ0n) is 8.95. The highest BCUT2D eigenvalue weighted by Crippen LogP contribution is 2.17. The molecule has 1 aromatic heterocycles. The monoisotopic (exact) mass is 420 g/mol. The van der Waals surface area contributed by atoms with Crippen LogP contribution in [0.15, 0.2) is 41.0 Å². The molecule has 2 aromatic rings. The summed E-state index contributed by atoms with van der Waals surface area (Å²) in [4.78, 5) is 15.9. The average molecular weight is 421 g/mol. The molecular formula is C12H7BrFIN2O. The van der Waals surface area contributed by atoms with Crippen LogP contribution in [-0.2, 0) is 0 Å². The number of amides is 1. The quantitative estimate of drug-likeness (QED) is 0.750. The maximum Gasteiger partial charge on any atom is 0.256 e. The Morgan fingerprint density at radius 1 is 1.33 bits per heavy atom. The number of anilines is 1. The molecule has 1 aromatic carbocycles. The van der Waals surface area contributed by atoms with E-state index in [0.717, 1.165) is 3.57 Å². The third-order valence-electron chi connectivity index (χ3n) is 2.15. The number of hydrogen-bond donors (Lipinski definition) is 1. The summed E-state index contributed by atoms with van der Waals surface area (Å²) in [5.41, 5.74) is 0.246. The number of nitrogens with one attached hydrogen (secondary N) is 1. The van der Waals surface area contributed by atoms with Crippen molar-refractivity contribution >= 4 is 50.2 Å². The fourth-order valence-electron chi connectivity index (χ4n) is 1.28. The molecule has 2 rings (SSSR count). The molecule has 1 N–H and O–H groups in total. The maximum absolute atomic E-state index is 13.3. The van der Waals surface area contributed by atoms with Crippen molar-refractivity contribution in [1.82, 2.24) is 4.98 Å². The van der Waals surface area contributed by atoms with Crippen molar-refractivity contribution in [3.05, 3.63) is 56.0 Å². The highest BCUT2D eigenvalue weighted by molar-refractivity contribution is 14.1. The van der Waals surface area contributed by atoms with Gasteiger partial charge in [0.1, 0.15) is 11.6 Å². The van der Waals surface area contributed by atoms with Gasteiger partial charge in [-0.3, -0.25) is 4.79 Å². The van der Waals surface area contributed by atoms with Crippen LogP contribution in [0.3, 0.4) is 0 Å². The van der Waals surface area contributed by atoms with Gasteiger partial charge in [0.25, 0.3) is 5.91 Å². The molecule has 1 amide bonds. The number of aromatic nitrogens is 1. The Morgan fingerprint density at radius 2 is 2.11 bits per heavy atom. The first-order valence-electron chi connectivity index (χ1n) is 4.94. The lowest BCUT2D eigenvalue weighted by Gasteiger charge is -2.05. The summed E-state index contributed by atoms with van der Waals surface area (Å²) >= 11 is 5.15. The summed E-state index contributed by atoms with van der Waals surface area (Å²) < 4.78 is 14.6. The van der Waals surface area contributed by atoms with Gasteiger partial charge in [0.15, 0.2) is 0 Å². The van der Waals surface area contributed by atoms with Gasteiger partial charge in [-0.25, -0.2) is 9.37 Å². The molecule has 0 bridgehead atoms. The molecule has 3 nitrogen and oxygen atoms in total. The molecule has 0 spiro atoms. The van der Waals surface area contributed by atoms with E-state index in [1.165, 1.54) is 18.2 Å². The Morgan fingerprint density at radius 3 is 2.72 bits per heavy atom. The third kappa shape index (κ3) is 3.26. The fourth-order valence-corrected chi connectivity index (χ4v) is 1.84. The number of rotatable bonds is 2. The lowest BCUT2D eigenvalue weighted by atomic mass is 10.2. The van der Waals surface area contributed by atoms with Gasteiger partial charge < -0.3 is 5.32 Å². The largest absolute Gasteiger partial charge is 0.307 e. The minimum absolute atomic E-state index is 0.246. The zero-order valence-corrected chi connectivity index (χ0v) is 12.7. The predicted octanol–water partition coefficient (Wildman–Crippen LogP) is 3.84. The average Bonchev–Trinajstić information content (AvgIpc) is 2.35. The molecule has 0 aliphatic rings. The normalized spacial score (nSPS) is 10.2. The molecule has 0 radical (unpaired) electrons. The van der Waals surface area contributed by atoms with E-state index in [1.54, 1.807) is 12.3 Å². The first kappa shape index (κ1) is 13.4. The van der Waals surface area contributed by atoms with Crippen molar-refractivity contribution in [3.8, 4) is 0 Å². The van der Waals surface area contributed by atoms with Crippen LogP contribution in [0.2, 0.25) is 0 Å². The first-order chi connectivity index (χ1) is 8.56. The minimum atomic E-state index is -0.474. The number of pyridine rings is 1. The predicted molar refractivity (Wildman–Crippen MR) is 79.0 cm³/mol. The van der Waals surface area contributed by atoms with E-state index >= 15 is 0 Å². The standard InChI is InChI=1S/C12H7BrFIN2O/c13-9-3-1-7(5-10(9)14)12(18)17-11-4-2-8(15)6-16-11/h1-6H,(H,16,17,18). The summed E-state index contributed by atoms with van der Waals surface area (Å²) in [6.07, 6.45) is 1.64. The van der Waals surface area contributed by atoms with Crippen LogP contribution in [0.5, 0.6) is 0 Å². The SMILES string of the molecule is O=C(Nc1ccc(I)cn1)c1ccc(Br)c(F)c1. The number of hydrogen-bond acceptors (Lipinski definition) is 2. The number of nitrogens with zero attached hydrogens (tertiary/aromatic N) is 1. The summed E-state index contributed by atoms with van der Waals surface area (Å²) in [6, 6.07) is 7.72. The van der Waals surface area contributed by atoms with Gasteiger partial charge in [0.2, 0.25) is 0 Å². The summed E-state index contributed by atoms with van der Waals surface area (Å²) in [6.45, 7) is 0. The van der Waals surface area contributed by atoms with Gasteiger partial charge in [0.05, 0.1) is 4.47 Å². The zero-order chi connectivity index (χ0) is 13.1. The van der Waals surface area contributed by atoms with E-state index in [2.05, 4.69) is 48.8 Å². The topological polar surface area (TPSA) is 42.0 Å². The van der Waals surface area contributed by atoms with Crippen molar-refractivity contribution in [2.45, 2.75) is 0 Å². The molecule has 0 aliphatic carbocycles. The Bertz CT molecular complexity index is 589. The van der Waals surface area contributed by atoms with Gasteiger partial charge in [-0.2, -0.15) is 0 Å². The number of carbonyl (C=O) groups is 1. The third-order valence-corrected chi connectivity index (χ3v) is 3.43. The molecule has 18 heavy (non-hydrogen) atoms. The minimum Gasteiger partial charge on any atom is -0.307 e. The number of carbonyl (C=O) groups excluding carboxylic acids is 1. The van der Waals surface area contributed by atoms with E-state index in [0.29, 0.717) is 10.3 Å². The van der Waals surface area contributed by atoms with Crippen molar-refractivity contribution in [3.63, 3.8) is 0 Å². The van der Waals surface area contributed by atoms with E-state index in [4.69, 9.17) is 0 Å². The van der Waals surface area contributed by atoms with Crippen LogP contribution in [0, 0.1) is 9.39 Å². The molecule has 0 atom stereocenters. The second-order valence-electron chi connectivity index (χ2n) is 3.44. The van der Waals surface area contributed by atoms with Crippen molar-refractivity contribution in [1.29, 1.82) is 0 Å². The molecule has 1 heterocycles. The number of benzene rings is 1. The van der Waals surface area contributed by atoms with E-state index in [9.17, 15) is 9.18 Å².